The quantitative estimate of drug-likeness (QED) is 0.754. The van der Waals surface area contributed by atoms with Crippen LogP contribution in [0.15, 0.2) is 0 Å². The van der Waals surface area contributed by atoms with Crippen molar-refractivity contribution >= 4 is 5.91 Å². The molecule has 5 nitrogen and oxygen atoms in total. The van der Waals surface area contributed by atoms with Gasteiger partial charge in [-0.25, -0.2) is 0 Å². The lowest BCUT2D eigenvalue weighted by molar-refractivity contribution is -0.139. The number of carbonyl (C=O) groups is 1. The molecule has 2 atom stereocenters. The highest BCUT2D eigenvalue weighted by atomic mass is 16.5. The number of hydrogen-bond acceptors (Lipinski definition) is 4. The molecule has 2 fully saturated rings. The van der Waals surface area contributed by atoms with Crippen LogP contribution in [0, 0.1) is 5.92 Å². The Kier molecular flexibility index (Phi) is 6.93. The van der Waals surface area contributed by atoms with Gasteiger partial charge in [0.1, 0.15) is 0 Å². The van der Waals surface area contributed by atoms with Crippen LogP contribution in [0.25, 0.3) is 0 Å². The van der Waals surface area contributed by atoms with Crippen molar-refractivity contribution in [3.63, 3.8) is 0 Å². The number of nitrogens with one attached hydrogen (secondary N) is 1. The van der Waals surface area contributed by atoms with Crippen molar-refractivity contribution in [2.24, 2.45) is 5.92 Å². The average Bonchev–Trinajstić information content (AvgIpc) is 2.51. The third-order valence-corrected chi connectivity index (χ3v) is 4.51. The summed E-state index contributed by atoms with van der Waals surface area (Å²) >= 11 is 0. The summed E-state index contributed by atoms with van der Waals surface area (Å²) in [6.45, 7) is 8.89. The van der Waals surface area contributed by atoms with Crippen LogP contribution in [0.2, 0.25) is 0 Å². The van der Waals surface area contributed by atoms with E-state index in [-0.39, 0.29) is 5.92 Å². The average molecular weight is 298 g/mol. The van der Waals surface area contributed by atoms with E-state index in [0.717, 1.165) is 51.9 Å². The summed E-state index contributed by atoms with van der Waals surface area (Å²) in [6.07, 6.45) is 4.16. The minimum atomic E-state index is 0.219. The Morgan fingerprint density at radius 2 is 2.00 bits per heavy atom. The smallest absolute Gasteiger partial charge is 0.225 e. The highest BCUT2D eigenvalue weighted by Gasteiger charge is 2.30. The predicted molar refractivity (Wildman–Crippen MR) is 82.2 cm³/mol. The molecule has 1 N–H and O–H groups in total. The molecule has 2 heterocycles. The third kappa shape index (κ3) is 5.24. The van der Waals surface area contributed by atoms with Crippen LogP contribution in [0.1, 0.15) is 39.5 Å². The Bertz CT molecular complexity index is 317. The molecule has 0 aromatic carbocycles. The van der Waals surface area contributed by atoms with Gasteiger partial charge in [-0.3, -0.25) is 4.79 Å². The molecule has 0 spiro atoms. The zero-order chi connectivity index (χ0) is 15.1. The summed E-state index contributed by atoms with van der Waals surface area (Å²) < 4.78 is 11.1. The fraction of sp³-hybridized carbons (Fsp3) is 0.938. The van der Waals surface area contributed by atoms with Crippen molar-refractivity contribution in [1.29, 1.82) is 0 Å². The van der Waals surface area contributed by atoms with Crippen molar-refractivity contribution in [2.45, 2.75) is 51.7 Å². The van der Waals surface area contributed by atoms with Gasteiger partial charge in [0.2, 0.25) is 5.91 Å². The molecule has 0 aromatic rings. The number of amides is 1. The molecule has 5 heteroatoms. The van der Waals surface area contributed by atoms with Crippen LogP contribution in [-0.4, -0.2) is 62.4 Å². The largest absolute Gasteiger partial charge is 0.379 e. The third-order valence-electron chi connectivity index (χ3n) is 4.51. The SMILES string of the molecule is CCOCCOC1CCN(C(=O)C2CCNC(C)C2)CC1. The van der Waals surface area contributed by atoms with Crippen LogP contribution in [0.4, 0.5) is 0 Å². The molecule has 1 amide bonds. The van der Waals surface area contributed by atoms with Crippen molar-refractivity contribution in [3.05, 3.63) is 0 Å². The number of likely N-dealkylation sites (tertiary alicyclic amines) is 1. The summed E-state index contributed by atoms with van der Waals surface area (Å²) in [7, 11) is 0. The minimum absolute atomic E-state index is 0.219. The van der Waals surface area contributed by atoms with Gasteiger partial charge in [-0.1, -0.05) is 0 Å². The summed E-state index contributed by atoms with van der Waals surface area (Å²) in [5, 5.41) is 3.41. The predicted octanol–water partition coefficient (Wildman–Crippen LogP) is 1.42. The highest BCUT2D eigenvalue weighted by molar-refractivity contribution is 5.79. The first-order valence-electron chi connectivity index (χ1n) is 8.42. The van der Waals surface area contributed by atoms with Gasteiger partial charge < -0.3 is 19.7 Å². The number of rotatable bonds is 6. The lowest BCUT2D eigenvalue weighted by Gasteiger charge is -2.36. The summed E-state index contributed by atoms with van der Waals surface area (Å²) in [5.41, 5.74) is 0. The van der Waals surface area contributed by atoms with E-state index in [1.807, 2.05) is 11.8 Å². The number of nitrogens with zero attached hydrogens (tertiary/aromatic N) is 1. The molecular weight excluding hydrogens is 268 g/mol. The molecule has 0 bridgehead atoms. The van der Waals surface area contributed by atoms with Crippen molar-refractivity contribution in [1.82, 2.24) is 10.2 Å². The second-order valence-electron chi connectivity index (χ2n) is 6.17. The van der Waals surface area contributed by atoms with Crippen LogP contribution in [0.5, 0.6) is 0 Å². The number of carbonyl (C=O) groups excluding carboxylic acids is 1. The zero-order valence-corrected chi connectivity index (χ0v) is 13.5. The molecule has 122 valence electrons. The fourth-order valence-corrected chi connectivity index (χ4v) is 3.28. The molecule has 2 rings (SSSR count). The van der Waals surface area contributed by atoms with Gasteiger partial charge in [0.25, 0.3) is 0 Å². The molecular formula is C16H30N2O3. The maximum atomic E-state index is 12.5. The minimum Gasteiger partial charge on any atom is -0.379 e. The van der Waals surface area contributed by atoms with Crippen molar-refractivity contribution in [3.8, 4) is 0 Å². The van der Waals surface area contributed by atoms with Gasteiger partial charge in [-0.15, -0.1) is 0 Å². The molecule has 0 aromatic heterocycles. The summed E-state index contributed by atoms with van der Waals surface area (Å²) in [4.78, 5) is 14.6. The maximum absolute atomic E-state index is 12.5. The second-order valence-corrected chi connectivity index (χ2v) is 6.17. The first kappa shape index (κ1) is 16.7. The van der Waals surface area contributed by atoms with Gasteiger partial charge in [0, 0.05) is 31.7 Å². The number of piperidine rings is 2. The van der Waals surface area contributed by atoms with Crippen LogP contribution in [-0.2, 0) is 14.3 Å². The first-order chi connectivity index (χ1) is 10.2. The molecule has 0 radical (unpaired) electrons. The van der Waals surface area contributed by atoms with Crippen molar-refractivity contribution < 1.29 is 14.3 Å². The Hall–Kier alpha value is -0.650. The van der Waals surface area contributed by atoms with E-state index in [1.165, 1.54) is 0 Å². The molecule has 0 saturated carbocycles. The van der Waals surface area contributed by atoms with Gasteiger partial charge in [-0.05, 0) is 46.1 Å². The van der Waals surface area contributed by atoms with E-state index >= 15 is 0 Å². The summed E-state index contributed by atoms with van der Waals surface area (Å²) in [5.74, 6) is 0.577. The molecule has 0 aliphatic carbocycles. The van der Waals surface area contributed by atoms with Gasteiger partial charge in [-0.2, -0.15) is 0 Å². The monoisotopic (exact) mass is 298 g/mol. The highest BCUT2D eigenvalue weighted by Crippen LogP contribution is 2.22. The normalized spacial score (nSPS) is 27.8. The fourth-order valence-electron chi connectivity index (χ4n) is 3.28. The first-order valence-corrected chi connectivity index (χ1v) is 8.42. The van der Waals surface area contributed by atoms with E-state index < -0.39 is 0 Å². The Morgan fingerprint density at radius 1 is 1.24 bits per heavy atom. The lowest BCUT2D eigenvalue weighted by atomic mass is 9.91. The Morgan fingerprint density at radius 3 is 2.67 bits per heavy atom. The van der Waals surface area contributed by atoms with E-state index in [1.54, 1.807) is 0 Å². The molecule has 2 aliphatic rings. The van der Waals surface area contributed by atoms with Gasteiger partial charge >= 0.3 is 0 Å². The topological polar surface area (TPSA) is 50.8 Å². The van der Waals surface area contributed by atoms with E-state index in [2.05, 4.69) is 12.2 Å². The zero-order valence-electron chi connectivity index (χ0n) is 13.5. The van der Waals surface area contributed by atoms with Gasteiger partial charge in [0.15, 0.2) is 0 Å². The number of hydrogen-bond donors (Lipinski definition) is 1. The lowest BCUT2D eigenvalue weighted by Crippen LogP contribution is -2.47. The van der Waals surface area contributed by atoms with E-state index in [4.69, 9.17) is 9.47 Å². The maximum Gasteiger partial charge on any atom is 0.225 e. The molecule has 2 aliphatic heterocycles. The van der Waals surface area contributed by atoms with Gasteiger partial charge in [0.05, 0.1) is 19.3 Å². The van der Waals surface area contributed by atoms with Crippen molar-refractivity contribution in [2.75, 3.05) is 39.5 Å². The summed E-state index contributed by atoms with van der Waals surface area (Å²) in [6, 6.07) is 0.465. The molecule has 2 unspecified atom stereocenters. The number of ether oxygens (including phenoxy) is 2. The van der Waals surface area contributed by atoms with E-state index in [0.29, 0.717) is 31.3 Å². The van der Waals surface area contributed by atoms with E-state index in [9.17, 15) is 4.79 Å². The molecule has 2 saturated heterocycles. The molecule has 21 heavy (non-hydrogen) atoms. The van der Waals surface area contributed by atoms with Crippen LogP contribution >= 0.6 is 0 Å². The standard InChI is InChI=1S/C16H30N2O3/c1-3-20-10-11-21-15-5-8-18(9-6-15)16(19)14-4-7-17-13(2)12-14/h13-15,17H,3-12H2,1-2H3. The van der Waals surface area contributed by atoms with Crippen LogP contribution in [0.3, 0.4) is 0 Å². The Labute approximate surface area is 128 Å². The Balaban J connectivity index is 1.67. The van der Waals surface area contributed by atoms with Crippen LogP contribution < -0.4 is 5.32 Å². The second kappa shape index (κ2) is 8.71.